The molecule has 4 heterocycles. The van der Waals surface area contributed by atoms with Crippen molar-refractivity contribution < 1.29 is 18.7 Å². The van der Waals surface area contributed by atoms with Crippen molar-refractivity contribution in [3.63, 3.8) is 0 Å². The zero-order valence-electron chi connectivity index (χ0n) is 24.0. The lowest BCUT2D eigenvalue weighted by Gasteiger charge is -2.28. The number of hydrogen-bond donors (Lipinski definition) is 2. The molecule has 0 spiro atoms. The van der Waals surface area contributed by atoms with Gasteiger partial charge in [0.1, 0.15) is 29.2 Å². The summed E-state index contributed by atoms with van der Waals surface area (Å²) in [5, 5.41) is 20.1. The Hall–Kier alpha value is -4.79. The molecule has 4 aromatic rings. The van der Waals surface area contributed by atoms with Gasteiger partial charge in [0.2, 0.25) is 0 Å². The van der Waals surface area contributed by atoms with E-state index in [0.29, 0.717) is 29.8 Å². The van der Waals surface area contributed by atoms with Crippen molar-refractivity contribution in [1.82, 2.24) is 15.0 Å². The van der Waals surface area contributed by atoms with Crippen LogP contribution in [-0.2, 0) is 6.42 Å². The first-order valence-corrected chi connectivity index (χ1v) is 14.6. The van der Waals surface area contributed by atoms with Crippen LogP contribution in [0.3, 0.4) is 0 Å². The number of hydrogen-bond acceptors (Lipinski definition) is 9. The number of nitrogens with two attached hydrogens (primary N) is 1. The molecule has 224 valence electrons. The van der Waals surface area contributed by atoms with Crippen LogP contribution in [0.1, 0.15) is 40.9 Å². The van der Waals surface area contributed by atoms with Gasteiger partial charge in [0.05, 0.1) is 23.8 Å². The van der Waals surface area contributed by atoms with E-state index in [1.807, 2.05) is 29.2 Å². The van der Waals surface area contributed by atoms with E-state index in [2.05, 4.69) is 25.9 Å². The second kappa shape index (κ2) is 12.4. The van der Waals surface area contributed by atoms with Crippen LogP contribution in [-0.4, -0.2) is 64.2 Å². The summed E-state index contributed by atoms with van der Waals surface area (Å²) >= 11 is 0. The maximum atomic E-state index is 14.4. The topological polar surface area (TPSA) is 132 Å². The summed E-state index contributed by atoms with van der Waals surface area (Å²) in [4.78, 5) is 30.5. The zero-order valence-corrected chi connectivity index (χ0v) is 24.0. The number of Topliss-reactive ketones (excluding diaryl/α,β-unsaturated/α-hetero) is 1. The van der Waals surface area contributed by atoms with Gasteiger partial charge < -0.3 is 20.6 Å². The Morgan fingerprint density at radius 3 is 2.59 bits per heavy atom. The molecule has 9 nitrogen and oxygen atoms in total. The third-order valence-electron chi connectivity index (χ3n) is 8.28. The maximum Gasteiger partial charge on any atom is 0.185 e. The molecule has 2 aliphatic heterocycles. The Morgan fingerprint density at radius 1 is 1.09 bits per heavy atom. The van der Waals surface area contributed by atoms with Gasteiger partial charge >= 0.3 is 0 Å². The highest BCUT2D eigenvalue weighted by Crippen LogP contribution is 2.36. The van der Waals surface area contributed by atoms with E-state index in [1.165, 1.54) is 18.3 Å². The molecule has 2 aromatic heterocycles. The standard InChI is InChI=1S/C33H31F2N7O2/c34-26-4-3-5-27(35)32(26)33-38-9-8-28(40-33)30(44)13-21-7-6-20(12-29(21)42-18-23(37)14-24(42)19-43)25-15-31(39-17-22(25)16-36)41-10-1-2-11-41/h3-9,12,15,17,23-24,43H,1-2,10-11,13-14,18-19,37H2/t23-,24-/m0/s1. The quantitative estimate of drug-likeness (QED) is 0.287. The minimum atomic E-state index is -0.825. The van der Waals surface area contributed by atoms with Crippen molar-refractivity contribution in [2.24, 2.45) is 5.73 Å². The molecule has 11 heteroatoms. The number of aromatic nitrogens is 3. The molecule has 44 heavy (non-hydrogen) atoms. The minimum absolute atomic E-state index is 0.0145. The number of aliphatic hydroxyl groups is 1. The third kappa shape index (κ3) is 5.74. The molecule has 3 N–H and O–H groups in total. The second-order valence-electron chi connectivity index (χ2n) is 11.2. The van der Waals surface area contributed by atoms with Crippen LogP contribution in [0.15, 0.2) is 60.9 Å². The molecule has 0 bridgehead atoms. The van der Waals surface area contributed by atoms with E-state index >= 15 is 0 Å². The molecular formula is C33H31F2N7O2. The first kappa shape index (κ1) is 29.3. The lowest BCUT2D eigenvalue weighted by atomic mass is 9.96. The summed E-state index contributed by atoms with van der Waals surface area (Å²) in [6.07, 6.45) is 5.58. The number of aliphatic hydroxyl groups excluding tert-OH is 1. The Kier molecular flexibility index (Phi) is 8.28. The zero-order chi connectivity index (χ0) is 30.8. The number of nitriles is 1. The summed E-state index contributed by atoms with van der Waals surface area (Å²) in [7, 11) is 0. The minimum Gasteiger partial charge on any atom is -0.394 e. The van der Waals surface area contributed by atoms with Gasteiger partial charge in [-0.3, -0.25) is 4.79 Å². The number of carbonyl (C=O) groups is 1. The second-order valence-corrected chi connectivity index (χ2v) is 11.2. The highest BCUT2D eigenvalue weighted by molar-refractivity contribution is 5.97. The van der Waals surface area contributed by atoms with Crippen LogP contribution in [0.5, 0.6) is 0 Å². The molecule has 2 aliphatic rings. The average Bonchev–Trinajstić information content (AvgIpc) is 3.71. The van der Waals surface area contributed by atoms with Gasteiger partial charge in [-0.15, -0.1) is 0 Å². The van der Waals surface area contributed by atoms with E-state index in [-0.39, 0.29) is 42.4 Å². The summed E-state index contributed by atoms with van der Waals surface area (Å²) < 4.78 is 28.8. The van der Waals surface area contributed by atoms with E-state index in [1.54, 1.807) is 6.20 Å². The Labute approximate surface area is 253 Å². The summed E-state index contributed by atoms with van der Waals surface area (Å²) in [6.45, 7) is 2.17. The first-order chi connectivity index (χ1) is 21.4. The summed E-state index contributed by atoms with van der Waals surface area (Å²) in [5.41, 5.74) is 9.20. The molecule has 0 aliphatic carbocycles. The number of anilines is 2. The monoisotopic (exact) mass is 595 g/mol. The van der Waals surface area contributed by atoms with Crippen LogP contribution >= 0.6 is 0 Å². The Morgan fingerprint density at radius 2 is 1.86 bits per heavy atom. The van der Waals surface area contributed by atoms with Crippen LogP contribution in [0.25, 0.3) is 22.5 Å². The molecule has 6 rings (SSSR count). The fourth-order valence-corrected chi connectivity index (χ4v) is 6.07. The number of pyridine rings is 1. The van der Waals surface area contributed by atoms with Crippen molar-refractivity contribution in [3.8, 4) is 28.6 Å². The molecule has 0 radical (unpaired) electrons. The van der Waals surface area contributed by atoms with Gasteiger partial charge in [-0.1, -0.05) is 18.2 Å². The van der Waals surface area contributed by atoms with Crippen LogP contribution in [0, 0.1) is 23.0 Å². The molecule has 2 fully saturated rings. The fourth-order valence-electron chi connectivity index (χ4n) is 6.07. The summed E-state index contributed by atoms with van der Waals surface area (Å²) in [6, 6.07) is 14.2. The van der Waals surface area contributed by atoms with Gasteiger partial charge in [0.25, 0.3) is 0 Å². The van der Waals surface area contributed by atoms with Crippen LogP contribution < -0.4 is 15.5 Å². The number of carbonyl (C=O) groups excluding carboxylic acids is 1. The SMILES string of the molecule is N#Cc1cnc(N2CCCC2)cc1-c1ccc(CC(=O)c2ccnc(-c3c(F)cccc3F)n2)c(N2C[C@@H](N)C[C@H]2CO)c1. The molecule has 0 amide bonds. The third-order valence-corrected chi connectivity index (χ3v) is 8.28. The Balaban J connectivity index is 1.38. The lowest BCUT2D eigenvalue weighted by molar-refractivity contribution is 0.0988. The molecular weight excluding hydrogens is 564 g/mol. The normalized spacial score (nSPS) is 18.1. The molecule has 2 atom stereocenters. The van der Waals surface area contributed by atoms with E-state index in [0.717, 1.165) is 55.0 Å². The van der Waals surface area contributed by atoms with Gasteiger partial charge in [-0.05, 0) is 60.7 Å². The van der Waals surface area contributed by atoms with Gasteiger partial charge in [-0.2, -0.15) is 5.26 Å². The van der Waals surface area contributed by atoms with E-state index in [9.17, 15) is 23.9 Å². The number of halogens is 2. The highest BCUT2D eigenvalue weighted by Gasteiger charge is 2.32. The number of ketones is 1. The van der Waals surface area contributed by atoms with Crippen molar-refractivity contribution in [2.45, 2.75) is 37.8 Å². The number of rotatable bonds is 8. The average molecular weight is 596 g/mol. The van der Waals surface area contributed by atoms with Crippen molar-refractivity contribution in [1.29, 1.82) is 5.26 Å². The van der Waals surface area contributed by atoms with Crippen LogP contribution in [0.2, 0.25) is 0 Å². The summed E-state index contributed by atoms with van der Waals surface area (Å²) in [5.74, 6) is -1.44. The maximum absolute atomic E-state index is 14.4. The van der Waals surface area contributed by atoms with Gasteiger partial charge in [-0.25, -0.2) is 23.7 Å². The first-order valence-electron chi connectivity index (χ1n) is 14.6. The van der Waals surface area contributed by atoms with Crippen molar-refractivity contribution in [2.75, 3.05) is 36.0 Å². The van der Waals surface area contributed by atoms with E-state index < -0.39 is 17.2 Å². The number of nitrogens with zero attached hydrogens (tertiary/aromatic N) is 6. The molecule has 2 saturated heterocycles. The van der Waals surface area contributed by atoms with E-state index in [4.69, 9.17) is 5.73 Å². The molecule has 0 unspecified atom stereocenters. The molecule has 0 saturated carbocycles. The van der Waals surface area contributed by atoms with Crippen molar-refractivity contribution >= 4 is 17.3 Å². The smallest absolute Gasteiger partial charge is 0.185 e. The largest absolute Gasteiger partial charge is 0.394 e. The van der Waals surface area contributed by atoms with Crippen LogP contribution in [0.4, 0.5) is 20.3 Å². The number of benzene rings is 2. The lowest BCUT2D eigenvalue weighted by Crippen LogP contribution is -2.34. The fraction of sp³-hybridized carbons (Fsp3) is 0.303. The van der Waals surface area contributed by atoms with Gasteiger partial charge in [0, 0.05) is 55.7 Å². The highest BCUT2D eigenvalue weighted by atomic mass is 19.1. The predicted octanol–water partition coefficient (Wildman–Crippen LogP) is 4.28. The molecule has 2 aromatic carbocycles. The van der Waals surface area contributed by atoms with Gasteiger partial charge in [0.15, 0.2) is 11.6 Å². The predicted molar refractivity (Wildman–Crippen MR) is 162 cm³/mol. The Bertz CT molecular complexity index is 1730. The van der Waals surface area contributed by atoms with Crippen molar-refractivity contribution in [3.05, 3.63) is 89.4 Å².